The number of aromatic nitrogens is 1. The monoisotopic (exact) mass is 427 g/mol. The molecule has 0 saturated heterocycles. The number of benzene rings is 1. The highest BCUT2D eigenvalue weighted by Gasteiger charge is 2.13. The van der Waals surface area contributed by atoms with Crippen molar-refractivity contribution in [2.75, 3.05) is 17.2 Å². The molecule has 1 aromatic carbocycles. The van der Waals surface area contributed by atoms with Crippen molar-refractivity contribution in [1.29, 1.82) is 0 Å². The van der Waals surface area contributed by atoms with E-state index in [4.69, 9.17) is 46.4 Å². The van der Waals surface area contributed by atoms with Crippen LogP contribution in [-0.2, 0) is 0 Å². The van der Waals surface area contributed by atoms with Gasteiger partial charge in [0.05, 0.1) is 25.8 Å². The average molecular weight is 430 g/mol. The second-order valence-corrected chi connectivity index (χ2v) is 6.45. The Hall–Kier alpha value is -0.390. The fourth-order valence-corrected chi connectivity index (χ4v) is 2.89. The number of hydrogen-bond donors (Lipinski definition) is 2. The Kier molecular flexibility index (Phi) is 5.86. The second-order valence-electron chi connectivity index (χ2n) is 4.03. The number of nitrogens with zero attached hydrogens (tertiary/aromatic N) is 1. The van der Waals surface area contributed by atoms with E-state index in [1.807, 2.05) is 6.92 Å². The fourth-order valence-electron chi connectivity index (χ4n) is 1.60. The molecule has 0 aliphatic carbocycles. The maximum atomic E-state index is 6.20. The highest BCUT2D eigenvalue weighted by atomic mass is 79.9. The molecule has 0 saturated carbocycles. The molecule has 0 aliphatic heterocycles. The summed E-state index contributed by atoms with van der Waals surface area (Å²) in [5.41, 5.74) is 0.601. The minimum Gasteiger partial charge on any atom is -0.369 e. The summed E-state index contributed by atoms with van der Waals surface area (Å²) in [5, 5.41) is 7.74. The third kappa shape index (κ3) is 3.88. The molecule has 2 N–H and O–H groups in total. The van der Waals surface area contributed by atoms with E-state index in [9.17, 15) is 0 Å². The predicted octanol–water partition coefficient (Wildman–Crippen LogP) is 6.63. The van der Waals surface area contributed by atoms with Gasteiger partial charge in [0.25, 0.3) is 0 Å². The largest absolute Gasteiger partial charge is 0.369 e. The summed E-state index contributed by atoms with van der Waals surface area (Å²) in [7, 11) is 0. The van der Waals surface area contributed by atoms with Crippen LogP contribution in [0, 0.1) is 0 Å². The molecule has 0 radical (unpaired) electrons. The van der Waals surface area contributed by atoms with Gasteiger partial charge in [0.2, 0.25) is 0 Å². The third-order valence-corrected chi connectivity index (χ3v) is 4.91. The van der Waals surface area contributed by atoms with Crippen molar-refractivity contribution in [2.24, 2.45) is 0 Å². The Bertz CT molecular complexity index is 679. The molecule has 2 aromatic rings. The molecule has 0 atom stereocenters. The smallest absolute Gasteiger partial charge is 0.151 e. The lowest BCUT2D eigenvalue weighted by atomic mass is 10.3. The number of anilines is 3. The highest BCUT2D eigenvalue weighted by Crippen LogP contribution is 2.38. The van der Waals surface area contributed by atoms with Gasteiger partial charge in [-0.05, 0) is 41.1 Å². The molecule has 0 unspecified atom stereocenters. The molecule has 1 aromatic heterocycles. The number of nitrogens with one attached hydrogen (secondary N) is 2. The SMILES string of the molecule is CCNc1nc(Nc2ccc(Br)c(Cl)c2Cl)c(Cl)cc1Cl. The molecule has 2 rings (SSSR count). The van der Waals surface area contributed by atoms with Gasteiger partial charge in [-0.2, -0.15) is 0 Å². The van der Waals surface area contributed by atoms with Gasteiger partial charge in [-0.3, -0.25) is 0 Å². The van der Waals surface area contributed by atoms with Crippen molar-refractivity contribution in [3.05, 3.63) is 42.8 Å². The van der Waals surface area contributed by atoms with Gasteiger partial charge in [0.1, 0.15) is 5.82 Å². The normalized spacial score (nSPS) is 10.6. The summed E-state index contributed by atoms with van der Waals surface area (Å²) in [6, 6.07) is 5.17. The van der Waals surface area contributed by atoms with Crippen molar-refractivity contribution >= 4 is 79.7 Å². The van der Waals surface area contributed by atoms with E-state index >= 15 is 0 Å². The first-order chi connectivity index (χ1) is 9.93. The second kappa shape index (κ2) is 7.25. The molecule has 0 aliphatic rings. The summed E-state index contributed by atoms with van der Waals surface area (Å²) in [6.45, 7) is 2.64. The number of pyridine rings is 1. The molecule has 1 heterocycles. The molecule has 8 heteroatoms. The minimum absolute atomic E-state index is 0.379. The maximum absolute atomic E-state index is 6.20. The highest BCUT2D eigenvalue weighted by molar-refractivity contribution is 9.10. The summed E-state index contributed by atoms with van der Waals surface area (Å²) in [4.78, 5) is 4.35. The van der Waals surface area contributed by atoms with Gasteiger partial charge in [-0.1, -0.05) is 46.4 Å². The molecule has 0 amide bonds. The third-order valence-electron chi connectivity index (χ3n) is 2.56. The first-order valence-corrected chi connectivity index (χ1v) is 8.25. The zero-order valence-corrected chi connectivity index (χ0v) is 15.4. The molecule has 3 nitrogen and oxygen atoms in total. The van der Waals surface area contributed by atoms with E-state index in [1.54, 1.807) is 18.2 Å². The summed E-state index contributed by atoms with van der Waals surface area (Å²) in [5.74, 6) is 0.989. The Balaban J connectivity index is 2.40. The van der Waals surface area contributed by atoms with E-state index in [-0.39, 0.29) is 0 Å². The first kappa shape index (κ1) is 17.0. The molecular weight excluding hydrogens is 420 g/mol. The lowest BCUT2D eigenvalue weighted by Crippen LogP contribution is -2.03. The van der Waals surface area contributed by atoms with Crippen LogP contribution in [0.25, 0.3) is 0 Å². The van der Waals surface area contributed by atoms with E-state index in [0.29, 0.717) is 48.4 Å². The van der Waals surface area contributed by atoms with Crippen LogP contribution in [0.5, 0.6) is 0 Å². The first-order valence-electron chi connectivity index (χ1n) is 5.94. The molecular formula is C13H10BrCl4N3. The summed E-state index contributed by atoms with van der Waals surface area (Å²) >= 11 is 27.8. The Morgan fingerprint density at radius 1 is 1.05 bits per heavy atom. The molecule has 112 valence electrons. The molecule has 21 heavy (non-hydrogen) atoms. The van der Waals surface area contributed by atoms with Gasteiger partial charge in [0.15, 0.2) is 5.82 Å². The van der Waals surface area contributed by atoms with Crippen LogP contribution < -0.4 is 10.6 Å². The van der Waals surface area contributed by atoms with Crippen molar-refractivity contribution < 1.29 is 0 Å². The zero-order chi connectivity index (χ0) is 15.6. The van der Waals surface area contributed by atoms with Gasteiger partial charge < -0.3 is 10.6 Å². The fraction of sp³-hybridized carbons (Fsp3) is 0.154. The number of halogens is 5. The van der Waals surface area contributed by atoms with Crippen LogP contribution in [0.2, 0.25) is 20.1 Å². The molecule has 0 fully saturated rings. The van der Waals surface area contributed by atoms with Crippen LogP contribution in [0.4, 0.5) is 17.3 Å². The van der Waals surface area contributed by atoms with Crippen LogP contribution in [-0.4, -0.2) is 11.5 Å². The van der Waals surface area contributed by atoms with Crippen LogP contribution in [0.3, 0.4) is 0 Å². The Morgan fingerprint density at radius 3 is 2.38 bits per heavy atom. The standard InChI is InChI=1S/C13H10BrCl4N3/c1-2-19-12-7(15)5-8(16)13(21-12)20-9-4-3-6(14)10(17)11(9)18/h3-5H,2H2,1H3,(H2,19,20,21). The van der Waals surface area contributed by atoms with Gasteiger partial charge in [-0.25, -0.2) is 4.98 Å². The Morgan fingerprint density at radius 2 is 1.71 bits per heavy atom. The average Bonchev–Trinajstić information content (AvgIpc) is 2.44. The zero-order valence-electron chi connectivity index (χ0n) is 10.8. The van der Waals surface area contributed by atoms with Crippen LogP contribution in [0.15, 0.2) is 22.7 Å². The van der Waals surface area contributed by atoms with Crippen molar-refractivity contribution in [3.63, 3.8) is 0 Å². The maximum Gasteiger partial charge on any atom is 0.151 e. The van der Waals surface area contributed by atoms with Crippen LogP contribution in [0.1, 0.15) is 6.92 Å². The van der Waals surface area contributed by atoms with E-state index in [1.165, 1.54) is 0 Å². The minimum atomic E-state index is 0.379. The molecule has 0 spiro atoms. The van der Waals surface area contributed by atoms with Gasteiger partial charge in [0, 0.05) is 11.0 Å². The van der Waals surface area contributed by atoms with E-state index in [2.05, 4.69) is 31.5 Å². The lowest BCUT2D eigenvalue weighted by molar-refractivity contribution is 1.16. The summed E-state index contributed by atoms with van der Waals surface area (Å²) < 4.78 is 0.711. The van der Waals surface area contributed by atoms with Gasteiger partial charge in [-0.15, -0.1) is 0 Å². The predicted molar refractivity (Wildman–Crippen MR) is 95.9 cm³/mol. The topological polar surface area (TPSA) is 37.0 Å². The number of hydrogen-bond acceptors (Lipinski definition) is 3. The molecule has 0 bridgehead atoms. The van der Waals surface area contributed by atoms with Crippen molar-refractivity contribution in [2.45, 2.75) is 6.92 Å². The summed E-state index contributed by atoms with van der Waals surface area (Å²) in [6.07, 6.45) is 0. The van der Waals surface area contributed by atoms with Crippen molar-refractivity contribution in [1.82, 2.24) is 4.98 Å². The van der Waals surface area contributed by atoms with E-state index in [0.717, 1.165) is 0 Å². The Labute approximate surface area is 151 Å². The quantitative estimate of drug-likeness (QED) is 0.535. The van der Waals surface area contributed by atoms with Gasteiger partial charge >= 0.3 is 0 Å². The lowest BCUT2D eigenvalue weighted by Gasteiger charge is -2.13. The number of rotatable bonds is 4. The van der Waals surface area contributed by atoms with Crippen molar-refractivity contribution in [3.8, 4) is 0 Å². The van der Waals surface area contributed by atoms with E-state index < -0.39 is 0 Å². The van der Waals surface area contributed by atoms with Crippen LogP contribution >= 0.6 is 62.3 Å².